The molecule has 1 aromatic rings. The van der Waals surface area contributed by atoms with E-state index in [1.807, 2.05) is 0 Å². The molecule has 0 radical (unpaired) electrons. The van der Waals surface area contributed by atoms with Crippen molar-refractivity contribution >= 4 is 5.91 Å². The molecule has 1 heterocycles. The molecular formula is C22H34N2O. The molecule has 25 heavy (non-hydrogen) atoms. The van der Waals surface area contributed by atoms with Gasteiger partial charge in [0.15, 0.2) is 0 Å². The van der Waals surface area contributed by atoms with Crippen LogP contribution in [0.2, 0.25) is 0 Å². The maximum absolute atomic E-state index is 11.6. The van der Waals surface area contributed by atoms with E-state index in [0.29, 0.717) is 0 Å². The number of piperidine rings is 1. The predicted octanol–water partition coefficient (Wildman–Crippen LogP) is 4.43. The molecule has 2 aliphatic carbocycles. The maximum Gasteiger partial charge on any atom is 0.217 e. The fourth-order valence-electron chi connectivity index (χ4n) is 5.84. The highest BCUT2D eigenvalue weighted by atomic mass is 16.1. The monoisotopic (exact) mass is 342 g/mol. The molecule has 2 fully saturated rings. The number of carbonyl (C=O) groups excluding carboxylic acids is 1. The van der Waals surface area contributed by atoms with E-state index in [4.69, 9.17) is 0 Å². The molecule has 138 valence electrons. The minimum absolute atomic E-state index is 0. The SMILES string of the molecule is CC(=O)N[C@@H]1CC2(CCN([C@@H](C)C3CCCC3)CC2)c2ccccc21.[HH]. The zero-order valence-electron chi connectivity index (χ0n) is 15.8. The van der Waals surface area contributed by atoms with E-state index in [1.54, 1.807) is 6.92 Å². The molecule has 1 saturated heterocycles. The van der Waals surface area contributed by atoms with Crippen LogP contribution in [0.1, 0.15) is 77.4 Å². The Morgan fingerprint density at radius 2 is 1.92 bits per heavy atom. The fraction of sp³-hybridized carbons (Fsp3) is 0.682. The van der Waals surface area contributed by atoms with E-state index in [2.05, 4.69) is 41.4 Å². The van der Waals surface area contributed by atoms with Crippen LogP contribution >= 0.6 is 0 Å². The van der Waals surface area contributed by atoms with E-state index in [0.717, 1.165) is 18.4 Å². The van der Waals surface area contributed by atoms with Gasteiger partial charge in [-0.2, -0.15) is 0 Å². The van der Waals surface area contributed by atoms with Crippen LogP contribution in [-0.4, -0.2) is 29.9 Å². The summed E-state index contributed by atoms with van der Waals surface area (Å²) in [6.07, 6.45) is 9.26. The third-order valence-electron chi connectivity index (χ3n) is 7.29. The number of carbonyl (C=O) groups is 1. The van der Waals surface area contributed by atoms with Gasteiger partial charge in [-0.15, -0.1) is 0 Å². The summed E-state index contributed by atoms with van der Waals surface area (Å²) < 4.78 is 0. The lowest BCUT2D eigenvalue weighted by Gasteiger charge is -2.44. The standard InChI is InChI=1S/C22H32N2O.H2/c1-16(18-7-3-4-8-18)24-13-11-22(12-14-24)15-21(23-17(2)25)19-9-5-6-10-20(19)22;/h5-6,9-10,16,18,21H,3-4,7-8,11-15H2,1-2H3,(H,23,25);1H/t16-,21+;/m0./s1. The Morgan fingerprint density at radius 1 is 1.24 bits per heavy atom. The molecule has 4 rings (SSSR count). The molecule has 3 aliphatic rings. The summed E-state index contributed by atoms with van der Waals surface area (Å²) in [6.45, 7) is 6.51. The predicted molar refractivity (Wildman–Crippen MR) is 104 cm³/mol. The summed E-state index contributed by atoms with van der Waals surface area (Å²) in [5, 5.41) is 3.20. The Labute approximate surface area is 153 Å². The van der Waals surface area contributed by atoms with E-state index < -0.39 is 0 Å². The number of amides is 1. The largest absolute Gasteiger partial charge is 0.349 e. The number of hydrogen-bond acceptors (Lipinski definition) is 2. The number of nitrogens with one attached hydrogen (secondary N) is 1. The van der Waals surface area contributed by atoms with Gasteiger partial charge < -0.3 is 10.2 Å². The molecule has 0 unspecified atom stereocenters. The number of rotatable bonds is 3. The Kier molecular flexibility index (Phi) is 4.61. The van der Waals surface area contributed by atoms with Gasteiger partial charge in [0.05, 0.1) is 6.04 Å². The first-order valence-electron chi connectivity index (χ1n) is 10.2. The molecule has 1 aliphatic heterocycles. The van der Waals surface area contributed by atoms with Crippen LogP contribution in [-0.2, 0) is 10.2 Å². The number of likely N-dealkylation sites (tertiary alicyclic amines) is 1. The van der Waals surface area contributed by atoms with Gasteiger partial charge in [-0.1, -0.05) is 37.1 Å². The Balaban J connectivity index is 0.00000196. The summed E-state index contributed by atoms with van der Waals surface area (Å²) in [5.41, 5.74) is 3.13. The first-order chi connectivity index (χ1) is 12.1. The average molecular weight is 343 g/mol. The molecule has 0 aromatic heterocycles. The van der Waals surface area contributed by atoms with E-state index in [1.165, 1.54) is 62.7 Å². The summed E-state index contributed by atoms with van der Waals surface area (Å²) in [4.78, 5) is 14.4. The van der Waals surface area contributed by atoms with E-state index in [9.17, 15) is 4.79 Å². The van der Waals surface area contributed by atoms with Crippen LogP contribution in [0, 0.1) is 5.92 Å². The Hall–Kier alpha value is -1.35. The molecule has 0 bridgehead atoms. The van der Waals surface area contributed by atoms with Crippen LogP contribution in [0.25, 0.3) is 0 Å². The molecule has 1 aromatic carbocycles. The number of benzene rings is 1. The first-order valence-corrected chi connectivity index (χ1v) is 10.2. The highest BCUT2D eigenvalue weighted by Gasteiger charge is 2.46. The summed E-state index contributed by atoms with van der Waals surface area (Å²) in [7, 11) is 0. The molecule has 1 amide bonds. The van der Waals surface area contributed by atoms with Gasteiger partial charge in [0.2, 0.25) is 5.91 Å². The van der Waals surface area contributed by atoms with Crippen molar-refractivity contribution < 1.29 is 6.22 Å². The van der Waals surface area contributed by atoms with Gasteiger partial charge in [0.1, 0.15) is 0 Å². The van der Waals surface area contributed by atoms with Crippen LogP contribution in [0.4, 0.5) is 0 Å². The second kappa shape index (κ2) is 6.75. The second-order valence-corrected chi connectivity index (χ2v) is 8.65. The lowest BCUT2D eigenvalue weighted by atomic mass is 9.73. The van der Waals surface area contributed by atoms with Crippen molar-refractivity contribution in [2.75, 3.05) is 13.1 Å². The van der Waals surface area contributed by atoms with Crippen LogP contribution in [0.5, 0.6) is 0 Å². The topological polar surface area (TPSA) is 32.3 Å². The van der Waals surface area contributed by atoms with Gasteiger partial charge in [-0.25, -0.2) is 0 Å². The number of fused-ring (bicyclic) bond motifs is 2. The molecule has 3 nitrogen and oxygen atoms in total. The van der Waals surface area contributed by atoms with Crippen LogP contribution in [0.15, 0.2) is 24.3 Å². The van der Waals surface area contributed by atoms with Gasteiger partial charge in [-0.3, -0.25) is 4.79 Å². The molecule has 1 N–H and O–H groups in total. The zero-order valence-corrected chi connectivity index (χ0v) is 15.8. The molecule has 2 atom stereocenters. The van der Waals surface area contributed by atoms with E-state index in [-0.39, 0.29) is 18.8 Å². The van der Waals surface area contributed by atoms with Crippen molar-refractivity contribution in [3.8, 4) is 0 Å². The highest BCUT2D eigenvalue weighted by molar-refractivity contribution is 5.73. The normalized spacial score (nSPS) is 27.4. The minimum atomic E-state index is 0. The second-order valence-electron chi connectivity index (χ2n) is 8.65. The third kappa shape index (κ3) is 3.12. The third-order valence-corrected chi connectivity index (χ3v) is 7.29. The van der Waals surface area contributed by atoms with Crippen molar-refractivity contribution in [3.05, 3.63) is 35.4 Å². The minimum Gasteiger partial charge on any atom is -0.349 e. The number of nitrogens with zero attached hydrogens (tertiary/aromatic N) is 1. The van der Waals surface area contributed by atoms with Crippen molar-refractivity contribution in [2.45, 2.75) is 76.3 Å². The van der Waals surface area contributed by atoms with Crippen molar-refractivity contribution in [2.24, 2.45) is 5.92 Å². The first kappa shape index (κ1) is 17.1. The highest BCUT2D eigenvalue weighted by Crippen LogP contribution is 2.51. The number of hydrogen-bond donors (Lipinski definition) is 1. The molecular weight excluding hydrogens is 308 g/mol. The quantitative estimate of drug-likeness (QED) is 0.881. The molecule has 3 heteroatoms. The fourth-order valence-corrected chi connectivity index (χ4v) is 5.84. The smallest absolute Gasteiger partial charge is 0.217 e. The Bertz CT molecular complexity index is 633. The lowest BCUT2D eigenvalue weighted by Crippen LogP contribution is -2.47. The van der Waals surface area contributed by atoms with Gasteiger partial charge in [-0.05, 0) is 69.2 Å². The van der Waals surface area contributed by atoms with Crippen LogP contribution < -0.4 is 5.32 Å². The Morgan fingerprint density at radius 3 is 2.60 bits per heavy atom. The van der Waals surface area contributed by atoms with E-state index >= 15 is 0 Å². The summed E-state index contributed by atoms with van der Waals surface area (Å²) >= 11 is 0. The molecule has 1 saturated carbocycles. The van der Waals surface area contributed by atoms with Crippen molar-refractivity contribution in [3.63, 3.8) is 0 Å². The van der Waals surface area contributed by atoms with Crippen molar-refractivity contribution in [1.82, 2.24) is 10.2 Å². The average Bonchev–Trinajstić information content (AvgIpc) is 3.23. The summed E-state index contributed by atoms with van der Waals surface area (Å²) in [6, 6.07) is 9.76. The summed E-state index contributed by atoms with van der Waals surface area (Å²) in [5.74, 6) is 1.00. The zero-order chi connectivity index (χ0) is 17.4. The lowest BCUT2D eigenvalue weighted by molar-refractivity contribution is -0.119. The van der Waals surface area contributed by atoms with Gasteiger partial charge in [0.25, 0.3) is 0 Å². The van der Waals surface area contributed by atoms with Crippen molar-refractivity contribution in [1.29, 1.82) is 0 Å². The molecule has 1 spiro atoms. The maximum atomic E-state index is 11.6. The van der Waals surface area contributed by atoms with Gasteiger partial charge in [0, 0.05) is 19.8 Å². The van der Waals surface area contributed by atoms with Gasteiger partial charge >= 0.3 is 0 Å². The van der Waals surface area contributed by atoms with Crippen LogP contribution in [0.3, 0.4) is 0 Å².